The van der Waals surface area contributed by atoms with Gasteiger partial charge in [0.05, 0.1) is 29.7 Å². The normalized spacial score (nSPS) is 16.4. The summed E-state index contributed by atoms with van der Waals surface area (Å²) >= 11 is 0. The first kappa shape index (κ1) is 19.0. The quantitative estimate of drug-likeness (QED) is 0.544. The van der Waals surface area contributed by atoms with Crippen molar-refractivity contribution >= 4 is 5.71 Å². The van der Waals surface area contributed by atoms with Crippen LogP contribution in [0.25, 0.3) is 11.1 Å². The molecule has 3 nitrogen and oxygen atoms in total. The second-order valence-corrected chi connectivity index (χ2v) is 8.24. The molecule has 1 fully saturated rings. The summed E-state index contributed by atoms with van der Waals surface area (Å²) in [7, 11) is 0. The van der Waals surface area contributed by atoms with E-state index < -0.39 is 11.6 Å². The molecule has 0 amide bonds. The Balaban J connectivity index is 1.47. The second kappa shape index (κ2) is 8.05. The molecule has 30 heavy (non-hydrogen) atoms. The van der Waals surface area contributed by atoms with Crippen LogP contribution in [-0.2, 0) is 13.0 Å². The number of aliphatic imine (C=N–C) groups is 1. The Labute approximate surface area is 174 Å². The van der Waals surface area contributed by atoms with Gasteiger partial charge in [0.1, 0.15) is 17.3 Å². The lowest BCUT2D eigenvalue weighted by molar-refractivity contribution is 0.354. The Morgan fingerprint density at radius 3 is 2.53 bits per heavy atom. The molecular formula is C25H23F2N3. The minimum absolute atomic E-state index is 0.0105. The largest absolute Gasteiger partial charge is 0.278 e. The van der Waals surface area contributed by atoms with Crippen LogP contribution in [0.3, 0.4) is 0 Å². The summed E-state index contributed by atoms with van der Waals surface area (Å²) in [5.41, 5.74) is 4.87. The summed E-state index contributed by atoms with van der Waals surface area (Å²) in [6, 6.07) is 9.40. The molecule has 1 aliphatic carbocycles. The summed E-state index contributed by atoms with van der Waals surface area (Å²) in [4.78, 5) is 13.9. The van der Waals surface area contributed by atoms with Crippen LogP contribution in [0.15, 0.2) is 53.8 Å². The lowest BCUT2D eigenvalue weighted by atomic mass is 9.86. The molecule has 0 bridgehead atoms. The molecule has 2 aromatic carbocycles. The van der Waals surface area contributed by atoms with Gasteiger partial charge in [0, 0.05) is 11.8 Å². The number of rotatable bonds is 4. The predicted octanol–water partition coefficient (Wildman–Crippen LogP) is 5.90. The topological polar surface area (TPSA) is 38.1 Å². The summed E-state index contributed by atoms with van der Waals surface area (Å²) in [6.45, 7) is 0.541. The van der Waals surface area contributed by atoms with E-state index in [1.165, 1.54) is 50.3 Å². The van der Waals surface area contributed by atoms with Gasteiger partial charge >= 0.3 is 0 Å². The standard InChI is InChI=1S/C25H23F2N3/c26-21-7-4-8-22(27)24(21)17-9-10-18-13-29-25(20(18)12-17)23-15-28-14-19(30-23)11-16-5-2-1-3-6-16/h4,7-10,12,14-16H,1-3,5-6,11,13H2. The molecule has 0 saturated heterocycles. The van der Waals surface area contributed by atoms with Crippen LogP contribution in [0.1, 0.15) is 54.6 Å². The molecule has 0 radical (unpaired) electrons. The number of nitrogens with zero attached hydrogens (tertiary/aromatic N) is 3. The SMILES string of the molecule is Fc1cccc(F)c1-c1ccc2c(c1)C(c1cncc(CC3CCCCC3)n1)=NC2. The molecule has 5 heteroatoms. The van der Waals surface area contributed by atoms with Crippen LogP contribution >= 0.6 is 0 Å². The van der Waals surface area contributed by atoms with E-state index in [-0.39, 0.29) is 5.56 Å². The second-order valence-electron chi connectivity index (χ2n) is 8.24. The van der Waals surface area contributed by atoms with Crippen molar-refractivity contribution in [2.75, 3.05) is 0 Å². The molecule has 152 valence electrons. The monoisotopic (exact) mass is 403 g/mol. The molecule has 0 spiro atoms. The predicted molar refractivity (Wildman–Crippen MR) is 113 cm³/mol. The van der Waals surface area contributed by atoms with Crippen LogP contribution in [0.4, 0.5) is 8.78 Å². The highest BCUT2D eigenvalue weighted by atomic mass is 19.1. The van der Waals surface area contributed by atoms with E-state index in [9.17, 15) is 8.78 Å². The molecule has 0 atom stereocenters. The molecule has 0 N–H and O–H groups in total. The van der Waals surface area contributed by atoms with Crippen molar-refractivity contribution in [1.29, 1.82) is 0 Å². The Hall–Kier alpha value is -2.95. The molecular weight excluding hydrogens is 380 g/mol. The fourth-order valence-corrected chi connectivity index (χ4v) is 4.64. The number of benzene rings is 2. The van der Waals surface area contributed by atoms with Gasteiger partial charge in [-0.25, -0.2) is 13.8 Å². The molecule has 1 aliphatic heterocycles. The Morgan fingerprint density at radius 2 is 1.73 bits per heavy atom. The maximum absolute atomic E-state index is 14.3. The molecule has 3 aromatic rings. The first-order valence-electron chi connectivity index (χ1n) is 10.6. The van der Waals surface area contributed by atoms with Crippen molar-refractivity contribution in [3.8, 4) is 11.1 Å². The Bertz CT molecular complexity index is 1100. The van der Waals surface area contributed by atoms with Gasteiger partial charge in [0.25, 0.3) is 0 Å². The van der Waals surface area contributed by atoms with Crippen LogP contribution in [0.2, 0.25) is 0 Å². The first-order valence-corrected chi connectivity index (χ1v) is 10.6. The van der Waals surface area contributed by atoms with Gasteiger partial charge in [-0.3, -0.25) is 9.98 Å². The molecule has 1 aromatic heterocycles. The average Bonchev–Trinajstić information content (AvgIpc) is 3.18. The van der Waals surface area contributed by atoms with Gasteiger partial charge in [-0.1, -0.05) is 50.3 Å². The van der Waals surface area contributed by atoms with Gasteiger partial charge in [-0.15, -0.1) is 0 Å². The van der Waals surface area contributed by atoms with E-state index in [0.29, 0.717) is 18.0 Å². The molecule has 2 heterocycles. The highest BCUT2D eigenvalue weighted by Crippen LogP contribution is 2.31. The lowest BCUT2D eigenvalue weighted by Crippen LogP contribution is -2.12. The summed E-state index contributed by atoms with van der Waals surface area (Å²) < 4.78 is 28.6. The minimum atomic E-state index is -0.569. The highest BCUT2D eigenvalue weighted by Gasteiger charge is 2.22. The van der Waals surface area contributed by atoms with Crippen molar-refractivity contribution in [2.45, 2.75) is 45.1 Å². The average molecular weight is 403 g/mol. The number of hydrogen-bond acceptors (Lipinski definition) is 3. The highest BCUT2D eigenvalue weighted by molar-refractivity contribution is 6.14. The van der Waals surface area contributed by atoms with E-state index >= 15 is 0 Å². The van der Waals surface area contributed by atoms with Crippen LogP contribution in [0.5, 0.6) is 0 Å². The number of fused-ring (bicyclic) bond motifs is 1. The van der Waals surface area contributed by atoms with E-state index in [4.69, 9.17) is 4.98 Å². The van der Waals surface area contributed by atoms with Crippen molar-refractivity contribution in [1.82, 2.24) is 9.97 Å². The Morgan fingerprint density at radius 1 is 0.933 bits per heavy atom. The van der Waals surface area contributed by atoms with Gasteiger partial charge in [-0.05, 0) is 41.7 Å². The van der Waals surface area contributed by atoms with E-state index in [0.717, 1.165) is 34.6 Å². The number of hydrogen-bond donors (Lipinski definition) is 0. The van der Waals surface area contributed by atoms with Crippen LogP contribution in [-0.4, -0.2) is 15.7 Å². The zero-order chi connectivity index (χ0) is 20.5. The summed E-state index contributed by atoms with van der Waals surface area (Å²) in [6.07, 6.45) is 11.0. The minimum Gasteiger partial charge on any atom is -0.278 e. The number of aromatic nitrogens is 2. The van der Waals surface area contributed by atoms with Gasteiger partial charge in [-0.2, -0.15) is 0 Å². The first-order chi connectivity index (χ1) is 14.7. The van der Waals surface area contributed by atoms with Crippen LogP contribution < -0.4 is 0 Å². The van der Waals surface area contributed by atoms with Crippen molar-refractivity contribution < 1.29 is 8.78 Å². The van der Waals surface area contributed by atoms with Crippen molar-refractivity contribution in [3.63, 3.8) is 0 Å². The van der Waals surface area contributed by atoms with Gasteiger partial charge in [0.15, 0.2) is 0 Å². The molecule has 1 saturated carbocycles. The maximum atomic E-state index is 14.3. The molecule has 2 aliphatic rings. The van der Waals surface area contributed by atoms with E-state index in [1.54, 1.807) is 12.3 Å². The van der Waals surface area contributed by atoms with Gasteiger partial charge in [0.2, 0.25) is 0 Å². The summed E-state index contributed by atoms with van der Waals surface area (Å²) in [5, 5.41) is 0. The third-order valence-corrected chi connectivity index (χ3v) is 6.17. The third kappa shape index (κ3) is 3.64. The van der Waals surface area contributed by atoms with Crippen LogP contribution in [0, 0.1) is 17.6 Å². The summed E-state index contributed by atoms with van der Waals surface area (Å²) in [5.74, 6) is -0.460. The van der Waals surface area contributed by atoms with Crippen molar-refractivity contribution in [2.24, 2.45) is 10.9 Å². The zero-order valence-electron chi connectivity index (χ0n) is 16.7. The fraction of sp³-hybridized carbons (Fsp3) is 0.320. The zero-order valence-corrected chi connectivity index (χ0v) is 16.7. The maximum Gasteiger partial charge on any atom is 0.133 e. The number of halogens is 2. The lowest BCUT2D eigenvalue weighted by Gasteiger charge is -2.21. The van der Waals surface area contributed by atoms with Gasteiger partial charge < -0.3 is 0 Å². The third-order valence-electron chi connectivity index (χ3n) is 6.17. The van der Waals surface area contributed by atoms with E-state index in [1.807, 2.05) is 18.3 Å². The smallest absolute Gasteiger partial charge is 0.133 e. The fourth-order valence-electron chi connectivity index (χ4n) is 4.64. The van der Waals surface area contributed by atoms with E-state index in [2.05, 4.69) is 9.98 Å². The Kier molecular flexibility index (Phi) is 5.11. The molecule has 5 rings (SSSR count). The van der Waals surface area contributed by atoms with Crippen molar-refractivity contribution in [3.05, 3.63) is 82.9 Å². The molecule has 0 unspecified atom stereocenters.